The Bertz CT molecular complexity index is 626. The summed E-state index contributed by atoms with van der Waals surface area (Å²) in [5.74, 6) is 0.638. The number of nitrogens with one attached hydrogen (secondary N) is 1. The molecule has 2 aromatic rings. The molecule has 0 fully saturated rings. The van der Waals surface area contributed by atoms with Crippen LogP contribution in [0.4, 0.5) is 0 Å². The molecule has 0 heterocycles. The number of rotatable bonds is 4. The predicted octanol–water partition coefficient (Wildman–Crippen LogP) is 5.09. The summed E-state index contributed by atoms with van der Waals surface area (Å²) in [5.41, 5.74) is 4.17. The monoisotopic (exact) mass is 349 g/mol. The first kappa shape index (κ1) is 14.1. The first-order valence-electron chi connectivity index (χ1n) is 6.89. The molecule has 0 bridgehead atoms. The smallest absolute Gasteiger partial charge is 0.0454 e. The summed E-state index contributed by atoms with van der Waals surface area (Å²) in [6, 6.07) is 15.1. The molecule has 0 aliphatic heterocycles. The van der Waals surface area contributed by atoms with Crippen molar-refractivity contribution in [2.75, 3.05) is 7.05 Å². The van der Waals surface area contributed by atoms with Gasteiger partial charge < -0.3 is 5.32 Å². The first-order valence-corrected chi connectivity index (χ1v) is 8.06. The van der Waals surface area contributed by atoms with E-state index in [4.69, 9.17) is 11.6 Å². The first-order chi connectivity index (χ1) is 9.69. The second kappa shape index (κ2) is 5.88. The quantitative estimate of drug-likeness (QED) is 0.809. The summed E-state index contributed by atoms with van der Waals surface area (Å²) in [7, 11) is 2.01. The molecular formula is C17H17BrClN. The topological polar surface area (TPSA) is 12.0 Å². The molecule has 1 nitrogen and oxygen atoms in total. The Labute approximate surface area is 133 Å². The fraction of sp³-hybridized carbons (Fsp3) is 0.294. The van der Waals surface area contributed by atoms with Gasteiger partial charge in [0.2, 0.25) is 0 Å². The van der Waals surface area contributed by atoms with Crippen molar-refractivity contribution in [3.05, 3.63) is 68.7 Å². The highest BCUT2D eigenvalue weighted by Crippen LogP contribution is 2.41. The van der Waals surface area contributed by atoms with Crippen LogP contribution in [0, 0.1) is 0 Å². The maximum atomic E-state index is 6.35. The third kappa shape index (κ3) is 2.65. The van der Waals surface area contributed by atoms with Gasteiger partial charge in [-0.1, -0.05) is 51.8 Å². The summed E-state index contributed by atoms with van der Waals surface area (Å²) >= 11 is 9.88. The molecule has 1 aliphatic carbocycles. The molecule has 3 heteroatoms. The van der Waals surface area contributed by atoms with E-state index in [1.54, 1.807) is 0 Å². The van der Waals surface area contributed by atoms with Crippen molar-refractivity contribution in [3.8, 4) is 0 Å². The number of hydrogen-bond acceptors (Lipinski definition) is 1. The molecule has 2 aromatic carbocycles. The zero-order chi connectivity index (χ0) is 14.1. The molecular weight excluding hydrogens is 334 g/mol. The number of hydrogen-bond donors (Lipinski definition) is 1. The summed E-state index contributed by atoms with van der Waals surface area (Å²) < 4.78 is 1.08. The minimum Gasteiger partial charge on any atom is -0.313 e. The van der Waals surface area contributed by atoms with Gasteiger partial charge >= 0.3 is 0 Å². The number of fused-ring (bicyclic) bond motifs is 1. The minimum atomic E-state index is 0.290. The van der Waals surface area contributed by atoms with E-state index in [1.165, 1.54) is 23.1 Å². The highest BCUT2D eigenvalue weighted by atomic mass is 79.9. The van der Waals surface area contributed by atoms with E-state index in [0.717, 1.165) is 15.9 Å². The lowest BCUT2D eigenvalue weighted by Gasteiger charge is -2.33. The summed E-state index contributed by atoms with van der Waals surface area (Å²) in [6.07, 6.45) is 2.27. The molecule has 1 N–H and O–H groups in total. The molecule has 3 rings (SSSR count). The molecule has 2 unspecified atom stereocenters. The molecule has 0 saturated carbocycles. The van der Waals surface area contributed by atoms with Crippen molar-refractivity contribution in [2.45, 2.75) is 24.8 Å². The molecule has 104 valence electrons. The van der Waals surface area contributed by atoms with Gasteiger partial charge in [0.05, 0.1) is 0 Å². The number of halogens is 2. The van der Waals surface area contributed by atoms with E-state index >= 15 is 0 Å². The Morgan fingerprint density at radius 3 is 2.85 bits per heavy atom. The average molecular weight is 351 g/mol. The van der Waals surface area contributed by atoms with E-state index in [0.29, 0.717) is 12.0 Å². The van der Waals surface area contributed by atoms with Crippen LogP contribution in [-0.2, 0) is 6.42 Å². The van der Waals surface area contributed by atoms with Gasteiger partial charge in [0.25, 0.3) is 0 Å². The van der Waals surface area contributed by atoms with Gasteiger partial charge in [0.15, 0.2) is 0 Å². The van der Waals surface area contributed by atoms with Crippen LogP contribution in [0.1, 0.15) is 35.1 Å². The highest BCUT2D eigenvalue weighted by Gasteiger charge is 2.28. The molecule has 0 aromatic heterocycles. The molecule has 0 amide bonds. The van der Waals surface area contributed by atoms with Gasteiger partial charge in [-0.05, 0) is 60.7 Å². The molecule has 1 aliphatic rings. The van der Waals surface area contributed by atoms with E-state index in [-0.39, 0.29) is 0 Å². The standard InChI is InChI=1S/C17H17BrClN/c1-20-17(15-10-13(18)6-7-16(15)19)9-12-8-11-4-2-3-5-14(11)12/h2-7,10,12,17,20H,8-9H2,1H3. The van der Waals surface area contributed by atoms with Crippen molar-refractivity contribution < 1.29 is 0 Å². The Morgan fingerprint density at radius 2 is 2.10 bits per heavy atom. The molecule has 0 radical (unpaired) electrons. The van der Waals surface area contributed by atoms with E-state index in [9.17, 15) is 0 Å². The van der Waals surface area contributed by atoms with Gasteiger partial charge in [-0.15, -0.1) is 0 Å². The maximum Gasteiger partial charge on any atom is 0.0454 e. The highest BCUT2D eigenvalue weighted by molar-refractivity contribution is 9.10. The van der Waals surface area contributed by atoms with Crippen LogP contribution in [0.15, 0.2) is 46.9 Å². The Balaban J connectivity index is 1.80. The van der Waals surface area contributed by atoms with Gasteiger partial charge in [0.1, 0.15) is 0 Å². The van der Waals surface area contributed by atoms with Crippen molar-refractivity contribution in [1.29, 1.82) is 0 Å². The van der Waals surface area contributed by atoms with Gasteiger partial charge in [-0.25, -0.2) is 0 Å². The van der Waals surface area contributed by atoms with Gasteiger partial charge in [-0.3, -0.25) is 0 Å². The molecule has 2 atom stereocenters. The van der Waals surface area contributed by atoms with E-state index in [2.05, 4.69) is 51.6 Å². The lowest BCUT2D eigenvalue weighted by Crippen LogP contribution is -2.25. The lowest BCUT2D eigenvalue weighted by atomic mass is 9.74. The maximum absolute atomic E-state index is 6.35. The van der Waals surface area contributed by atoms with Crippen LogP contribution in [-0.4, -0.2) is 7.05 Å². The van der Waals surface area contributed by atoms with Crippen LogP contribution in [0.25, 0.3) is 0 Å². The van der Waals surface area contributed by atoms with Crippen LogP contribution >= 0.6 is 27.5 Å². The fourth-order valence-electron chi connectivity index (χ4n) is 3.04. The van der Waals surface area contributed by atoms with Crippen LogP contribution in [0.2, 0.25) is 5.02 Å². The predicted molar refractivity (Wildman–Crippen MR) is 88.5 cm³/mol. The summed E-state index contributed by atoms with van der Waals surface area (Å²) in [4.78, 5) is 0. The van der Waals surface area contributed by atoms with Gasteiger partial charge in [0, 0.05) is 15.5 Å². The SMILES string of the molecule is CNC(CC1Cc2ccccc21)c1cc(Br)ccc1Cl. The number of benzene rings is 2. The summed E-state index contributed by atoms with van der Waals surface area (Å²) in [6.45, 7) is 0. The molecule has 0 saturated heterocycles. The normalized spacial score (nSPS) is 18.2. The lowest BCUT2D eigenvalue weighted by molar-refractivity contribution is 0.452. The molecule has 0 spiro atoms. The second-order valence-electron chi connectivity index (χ2n) is 5.34. The van der Waals surface area contributed by atoms with E-state index in [1.807, 2.05) is 19.2 Å². The van der Waals surface area contributed by atoms with E-state index < -0.39 is 0 Å². The van der Waals surface area contributed by atoms with Crippen molar-refractivity contribution in [1.82, 2.24) is 5.32 Å². The second-order valence-corrected chi connectivity index (χ2v) is 6.67. The zero-order valence-electron chi connectivity index (χ0n) is 11.4. The fourth-order valence-corrected chi connectivity index (χ4v) is 3.67. The van der Waals surface area contributed by atoms with Crippen molar-refractivity contribution in [2.24, 2.45) is 0 Å². The average Bonchev–Trinajstić information content (AvgIpc) is 2.43. The van der Waals surface area contributed by atoms with Crippen LogP contribution < -0.4 is 5.32 Å². The van der Waals surface area contributed by atoms with Crippen LogP contribution in [0.5, 0.6) is 0 Å². The summed E-state index contributed by atoms with van der Waals surface area (Å²) in [5, 5.41) is 4.24. The van der Waals surface area contributed by atoms with Crippen molar-refractivity contribution >= 4 is 27.5 Å². The Kier molecular flexibility index (Phi) is 4.16. The minimum absolute atomic E-state index is 0.290. The van der Waals surface area contributed by atoms with Crippen molar-refractivity contribution in [3.63, 3.8) is 0 Å². The molecule has 20 heavy (non-hydrogen) atoms. The Hall–Kier alpha value is -0.830. The van der Waals surface area contributed by atoms with Gasteiger partial charge in [-0.2, -0.15) is 0 Å². The van der Waals surface area contributed by atoms with Crippen LogP contribution in [0.3, 0.4) is 0 Å². The Morgan fingerprint density at radius 1 is 1.30 bits per heavy atom. The third-order valence-electron chi connectivity index (χ3n) is 4.16. The largest absolute Gasteiger partial charge is 0.313 e. The third-order valence-corrected chi connectivity index (χ3v) is 5.00. The zero-order valence-corrected chi connectivity index (χ0v) is 13.7.